The molecular weight excluding hydrogens is 507 g/mol. The first-order valence-electron chi connectivity index (χ1n) is 12.2. The summed E-state index contributed by atoms with van der Waals surface area (Å²) in [5.74, 6) is 2.91. The fourth-order valence-electron chi connectivity index (χ4n) is 4.76. The first-order chi connectivity index (χ1) is 18.2. The van der Waals surface area contributed by atoms with Gasteiger partial charge in [-0.05, 0) is 55.3 Å². The molecule has 0 bridgehead atoms. The van der Waals surface area contributed by atoms with E-state index < -0.39 is 10.5 Å². The Hall–Kier alpha value is -4.29. The van der Waals surface area contributed by atoms with Crippen molar-refractivity contribution in [1.29, 1.82) is 0 Å². The van der Waals surface area contributed by atoms with E-state index in [1.54, 1.807) is 18.2 Å². The van der Waals surface area contributed by atoms with Gasteiger partial charge in [0.15, 0.2) is 5.43 Å². The molecule has 2 aromatic heterocycles. The lowest BCUT2D eigenvalue weighted by molar-refractivity contribution is 0.311. The largest absolute Gasteiger partial charge is 0.493 e. The van der Waals surface area contributed by atoms with E-state index in [1.807, 2.05) is 42.7 Å². The smallest absolute Gasteiger partial charge is 0.488 e. The summed E-state index contributed by atoms with van der Waals surface area (Å²) in [6, 6.07) is 15.1. The van der Waals surface area contributed by atoms with Gasteiger partial charge in [-0.1, -0.05) is 41.3 Å². The van der Waals surface area contributed by atoms with E-state index in [2.05, 4.69) is 15.1 Å². The second kappa shape index (κ2) is 9.88. The first kappa shape index (κ1) is 25.4. The number of pyridine rings is 1. The van der Waals surface area contributed by atoms with Crippen molar-refractivity contribution in [3.8, 4) is 35.0 Å². The average Bonchev–Trinajstić information content (AvgIpc) is 3.27. The van der Waals surface area contributed by atoms with E-state index in [1.165, 1.54) is 12.1 Å². The van der Waals surface area contributed by atoms with E-state index in [9.17, 15) is 17.1 Å². The topological polar surface area (TPSA) is 90.4 Å². The van der Waals surface area contributed by atoms with Crippen molar-refractivity contribution in [2.75, 3.05) is 6.61 Å². The second-order valence-corrected chi connectivity index (χ2v) is 9.85. The molecule has 0 amide bonds. The predicted molar refractivity (Wildman–Crippen MR) is 148 cm³/mol. The van der Waals surface area contributed by atoms with E-state index in [-0.39, 0.29) is 11.2 Å². The maximum atomic E-state index is 13.9. The molecule has 0 radical (unpaired) electrons. The van der Waals surface area contributed by atoms with Gasteiger partial charge in [-0.3, -0.25) is 4.79 Å². The molecule has 5 aromatic rings. The highest BCUT2D eigenvalue weighted by atomic mass is 32.3. The SMILES string of the molecule is C#Cc1ccc2c(c1)[nH]c1c2c(=O)c2cc(OCCCC)c(-c3cccc(OS(=O)(=O)F)c3)cc2n1CC. The monoisotopic (exact) mass is 532 g/mol. The summed E-state index contributed by atoms with van der Waals surface area (Å²) in [4.78, 5) is 17.2. The molecular formula is C29H25FN2O5S. The number of hydrogen-bond acceptors (Lipinski definition) is 5. The zero-order valence-corrected chi connectivity index (χ0v) is 21.7. The highest BCUT2D eigenvalue weighted by molar-refractivity contribution is 7.81. The average molecular weight is 533 g/mol. The van der Waals surface area contributed by atoms with Gasteiger partial charge >= 0.3 is 10.5 Å². The van der Waals surface area contributed by atoms with E-state index in [0.717, 1.165) is 23.7 Å². The van der Waals surface area contributed by atoms with Gasteiger partial charge in [0.1, 0.15) is 17.1 Å². The number of rotatable bonds is 8. The highest BCUT2D eigenvalue weighted by Crippen LogP contribution is 2.37. The number of unbranched alkanes of at least 4 members (excludes halogenated alkanes) is 1. The molecule has 1 N–H and O–H groups in total. The number of H-pyrrole nitrogens is 1. The van der Waals surface area contributed by atoms with Crippen LogP contribution in [0.5, 0.6) is 11.5 Å². The van der Waals surface area contributed by atoms with Crippen molar-refractivity contribution in [3.63, 3.8) is 0 Å². The van der Waals surface area contributed by atoms with Gasteiger partial charge in [-0.2, -0.15) is 8.42 Å². The lowest BCUT2D eigenvalue weighted by Crippen LogP contribution is -2.11. The summed E-state index contributed by atoms with van der Waals surface area (Å²) >= 11 is 0. The van der Waals surface area contributed by atoms with Gasteiger partial charge in [0.05, 0.1) is 22.9 Å². The molecule has 0 unspecified atom stereocenters. The van der Waals surface area contributed by atoms with Crippen molar-refractivity contribution >= 4 is 43.3 Å². The molecule has 0 saturated carbocycles. The Morgan fingerprint density at radius 3 is 2.61 bits per heavy atom. The standard InChI is InChI=1S/C29H25FN2O5S/c1-4-7-13-36-26-17-23-25(16-22(26)19-9-8-10-20(15-19)37-38(30,34)35)32(6-3)29-27(28(23)33)21-12-11-18(5-2)14-24(21)31-29/h2,8-12,14-17,31H,4,6-7,13H2,1,3H3. The van der Waals surface area contributed by atoms with Crippen LogP contribution in [-0.2, 0) is 17.0 Å². The number of halogens is 1. The molecule has 7 nitrogen and oxygen atoms in total. The van der Waals surface area contributed by atoms with Crippen molar-refractivity contribution in [2.24, 2.45) is 0 Å². The van der Waals surface area contributed by atoms with Gasteiger partial charge in [0, 0.05) is 28.6 Å². The van der Waals surface area contributed by atoms with Crippen LogP contribution in [0, 0.1) is 12.3 Å². The molecule has 0 saturated heterocycles. The number of aromatic amines is 1. The third-order valence-electron chi connectivity index (χ3n) is 6.49. The first-order valence-corrected chi connectivity index (χ1v) is 13.5. The fraction of sp³-hybridized carbons (Fsp3) is 0.207. The summed E-state index contributed by atoms with van der Waals surface area (Å²) < 4.78 is 47.9. The number of ether oxygens (including phenoxy) is 1. The minimum atomic E-state index is -5.19. The third-order valence-corrected chi connectivity index (χ3v) is 6.88. The van der Waals surface area contributed by atoms with Crippen molar-refractivity contribution in [2.45, 2.75) is 33.2 Å². The van der Waals surface area contributed by atoms with Gasteiger partial charge in [-0.15, -0.1) is 6.42 Å². The maximum Gasteiger partial charge on any atom is 0.488 e. The van der Waals surface area contributed by atoms with Crippen LogP contribution in [0.1, 0.15) is 32.3 Å². The van der Waals surface area contributed by atoms with E-state index >= 15 is 0 Å². The molecule has 194 valence electrons. The Bertz CT molecular complexity index is 1920. The highest BCUT2D eigenvalue weighted by Gasteiger charge is 2.20. The normalized spacial score (nSPS) is 11.7. The minimum Gasteiger partial charge on any atom is -0.493 e. The lowest BCUT2D eigenvalue weighted by Gasteiger charge is -2.17. The molecule has 0 aliphatic rings. The van der Waals surface area contributed by atoms with Crippen LogP contribution in [0.15, 0.2) is 59.4 Å². The Labute approximate surface area is 219 Å². The maximum absolute atomic E-state index is 13.9. The summed E-state index contributed by atoms with van der Waals surface area (Å²) in [6.07, 6.45) is 7.30. The van der Waals surface area contributed by atoms with E-state index in [4.69, 9.17) is 11.2 Å². The Morgan fingerprint density at radius 1 is 1.08 bits per heavy atom. The van der Waals surface area contributed by atoms with Crippen molar-refractivity contribution < 1.29 is 21.2 Å². The fourth-order valence-corrected chi connectivity index (χ4v) is 5.10. The minimum absolute atomic E-state index is 0.146. The van der Waals surface area contributed by atoms with Crippen LogP contribution in [0.3, 0.4) is 0 Å². The number of nitrogens with one attached hydrogen (secondary N) is 1. The Balaban J connectivity index is 1.82. The van der Waals surface area contributed by atoms with Gasteiger partial charge < -0.3 is 18.5 Å². The molecule has 0 aliphatic heterocycles. The van der Waals surface area contributed by atoms with E-state index in [0.29, 0.717) is 57.5 Å². The van der Waals surface area contributed by atoms with Crippen LogP contribution in [0.2, 0.25) is 0 Å². The summed E-state index contributed by atoms with van der Waals surface area (Å²) in [7, 11) is -5.19. The number of aromatic nitrogens is 2. The lowest BCUT2D eigenvalue weighted by atomic mass is 10.0. The van der Waals surface area contributed by atoms with Crippen LogP contribution < -0.4 is 14.3 Å². The summed E-state index contributed by atoms with van der Waals surface area (Å²) in [5.41, 5.74) is 3.81. The molecule has 38 heavy (non-hydrogen) atoms. The molecule has 0 atom stereocenters. The molecule has 3 aromatic carbocycles. The van der Waals surface area contributed by atoms with Gasteiger partial charge in [0.2, 0.25) is 0 Å². The van der Waals surface area contributed by atoms with Crippen molar-refractivity contribution in [1.82, 2.24) is 9.55 Å². The molecule has 0 fully saturated rings. The molecule has 5 rings (SSSR count). The van der Waals surface area contributed by atoms with Crippen LogP contribution in [-0.4, -0.2) is 24.6 Å². The van der Waals surface area contributed by atoms with Crippen LogP contribution in [0.4, 0.5) is 3.89 Å². The Kier molecular flexibility index (Phi) is 6.59. The quantitative estimate of drug-likeness (QED) is 0.149. The molecule has 0 aliphatic carbocycles. The summed E-state index contributed by atoms with van der Waals surface area (Å²) in [5, 5.41) is 1.83. The zero-order chi connectivity index (χ0) is 27.0. The van der Waals surface area contributed by atoms with Crippen molar-refractivity contribution in [3.05, 3.63) is 70.4 Å². The second-order valence-electron chi connectivity index (χ2n) is 8.90. The Morgan fingerprint density at radius 2 is 1.89 bits per heavy atom. The molecule has 2 heterocycles. The number of fused-ring (bicyclic) bond motifs is 4. The molecule has 9 heteroatoms. The van der Waals surface area contributed by atoms with Gasteiger partial charge in [0.25, 0.3) is 0 Å². The van der Waals surface area contributed by atoms with Crippen LogP contribution >= 0.6 is 0 Å². The number of aryl methyl sites for hydroxylation is 1. The predicted octanol–water partition coefficient (Wildman–Crippen LogP) is 6.08. The van der Waals surface area contributed by atoms with Crippen LogP contribution in [0.25, 0.3) is 44.0 Å². The number of terminal acetylenes is 1. The number of nitrogens with zero attached hydrogens (tertiary/aromatic N) is 1. The van der Waals surface area contributed by atoms with Gasteiger partial charge in [-0.25, -0.2) is 0 Å². The number of hydrogen-bond donors (Lipinski definition) is 1. The summed E-state index contributed by atoms with van der Waals surface area (Å²) in [6.45, 7) is 5.01. The number of benzene rings is 3. The molecule has 0 spiro atoms. The third kappa shape index (κ3) is 4.59. The zero-order valence-electron chi connectivity index (χ0n) is 20.9.